The molecule has 45 heavy (non-hydrogen) atoms. The summed E-state index contributed by atoms with van der Waals surface area (Å²) in [7, 11) is -3.05. The van der Waals surface area contributed by atoms with Gasteiger partial charge in [0.2, 0.25) is 15.9 Å². The normalized spacial score (nSPS) is 11.8. The maximum absolute atomic E-state index is 13.7. The summed E-state index contributed by atoms with van der Waals surface area (Å²) >= 11 is 0. The molecule has 17 heteroatoms. The number of sulfonamides is 1. The van der Waals surface area contributed by atoms with Crippen LogP contribution in [-0.4, -0.2) is 49.3 Å². The molecule has 12 nitrogen and oxygen atoms in total. The van der Waals surface area contributed by atoms with Crippen molar-refractivity contribution in [1.29, 1.82) is 0 Å². The number of rotatable bonds is 12. The van der Waals surface area contributed by atoms with E-state index in [1.165, 1.54) is 38.3 Å². The van der Waals surface area contributed by atoms with E-state index in [1.807, 2.05) is 0 Å². The van der Waals surface area contributed by atoms with Crippen molar-refractivity contribution < 1.29 is 45.2 Å². The van der Waals surface area contributed by atoms with Gasteiger partial charge in [0.1, 0.15) is 16.5 Å². The first-order chi connectivity index (χ1) is 21.2. The summed E-state index contributed by atoms with van der Waals surface area (Å²) in [4.78, 5) is 23.2. The van der Waals surface area contributed by atoms with Gasteiger partial charge in [0.25, 0.3) is 11.6 Å². The third-order valence-corrected chi connectivity index (χ3v) is 7.78. The lowest BCUT2D eigenvalue weighted by Crippen LogP contribution is -2.27. The number of hydrogen-bond acceptors (Lipinski definition) is 8. The van der Waals surface area contributed by atoms with Crippen molar-refractivity contribution in [3.05, 3.63) is 105 Å². The second-order valence-electron chi connectivity index (χ2n) is 9.43. The number of nitro groups is 1. The number of alkyl halides is 3. The average Bonchev–Trinajstić information content (AvgIpc) is 3.31. The molecule has 0 unspecified atom stereocenters. The fourth-order valence-electron chi connectivity index (χ4n) is 4.06. The zero-order chi connectivity index (χ0) is 32.9. The molecule has 3 aromatic carbocycles. The van der Waals surface area contributed by atoms with Gasteiger partial charge in [-0.15, -0.1) is 0 Å². The zero-order valence-electron chi connectivity index (χ0n) is 23.6. The van der Waals surface area contributed by atoms with Crippen molar-refractivity contribution in [3.8, 4) is 17.3 Å². The van der Waals surface area contributed by atoms with Crippen molar-refractivity contribution in [2.45, 2.75) is 24.5 Å². The standard InChI is InChI=1S/C28H25F4N5O7S/c1-17-25(26(38)33-16-18-4-3-5-19(14-18)28(30,31)32)35-36(21-8-6-20(29)7-9-21)27(17)44-23-11-10-22(37(39)40)15-24(23)45(41,42)34-12-13-43-2/h3-11,14-15,34H,12-13,16H2,1-2H3,(H,33,38). The first-order valence-electron chi connectivity index (χ1n) is 13.0. The first-order valence-corrected chi connectivity index (χ1v) is 14.4. The largest absolute Gasteiger partial charge is 0.437 e. The van der Waals surface area contributed by atoms with E-state index in [1.54, 1.807) is 0 Å². The van der Waals surface area contributed by atoms with Gasteiger partial charge in [-0.2, -0.15) is 23.0 Å². The predicted molar refractivity (Wildman–Crippen MR) is 151 cm³/mol. The van der Waals surface area contributed by atoms with E-state index in [-0.39, 0.29) is 53.8 Å². The monoisotopic (exact) mass is 651 g/mol. The molecular weight excluding hydrogens is 626 g/mol. The summed E-state index contributed by atoms with van der Waals surface area (Å²) in [6, 6.07) is 12.0. The highest BCUT2D eigenvalue weighted by Crippen LogP contribution is 2.36. The van der Waals surface area contributed by atoms with Crippen LogP contribution in [0.1, 0.15) is 27.2 Å². The summed E-state index contributed by atoms with van der Waals surface area (Å²) in [5.41, 5.74) is -1.27. The maximum atomic E-state index is 13.7. The molecule has 0 saturated heterocycles. The number of nitro benzene ring substituents is 1. The third-order valence-electron chi connectivity index (χ3n) is 6.29. The highest BCUT2D eigenvalue weighted by Gasteiger charge is 2.31. The Morgan fingerprint density at radius 3 is 2.44 bits per heavy atom. The summed E-state index contributed by atoms with van der Waals surface area (Å²) in [5, 5.41) is 18.2. The van der Waals surface area contributed by atoms with E-state index in [9.17, 15) is 40.9 Å². The Morgan fingerprint density at radius 1 is 1.09 bits per heavy atom. The van der Waals surface area contributed by atoms with E-state index in [2.05, 4.69) is 15.1 Å². The fraction of sp³-hybridized carbons (Fsp3) is 0.214. The molecule has 0 aliphatic carbocycles. The van der Waals surface area contributed by atoms with Crippen molar-refractivity contribution in [1.82, 2.24) is 19.8 Å². The minimum Gasteiger partial charge on any atom is -0.437 e. The van der Waals surface area contributed by atoms with E-state index in [0.29, 0.717) is 0 Å². The van der Waals surface area contributed by atoms with Crippen LogP contribution in [0.25, 0.3) is 5.69 Å². The number of hydrogen-bond donors (Lipinski definition) is 2. The van der Waals surface area contributed by atoms with Crippen molar-refractivity contribution in [2.24, 2.45) is 0 Å². The Bertz CT molecular complexity index is 1830. The lowest BCUT2D eigenvalue weighted by molar-refractivity contribution is -0.385. The molecule has 0 fully saturated rings. The zero-order valence-corrected chi connectivity index (χ0v) is 24.4. The quantitative estimate of drug-likeness (QED) is 0.0950. The SMILES string of the molecule is COCCNS(=O)(=O)c1cc([N+](=O)[O-])ccc1Oc1c(C)c(C(=O)NCc2cccc(C(F)(F)F)c2)nn1-c1ccc(F)cc1. The molecule has 4 rings (SSSR count). The minimum atomic E-state index is -4.58. The molecule has 2 N–H and O–H groups in total. The highest BCUT2D eigenvalue weighted by atomic mass is 32.2. The number of carbonyl (C=O) groups excluding carboxylic acids is 1. The van der Waals surface area contributed by atoms with Gasteiger partial charge in [0.05, 0.1) is 22.8 Å². The van der Waals surface area contributed by atoms with Crippen LogP contribution in [-0.2, 0) is 27.5 Å². The summed E-state index contributed by atoms with van der Waals surface area (Å²) in [6.07, 6.45) is -4.58. The van der Waals surface area contributed by atoms with Crippen LogP contribution in [0, 0.1) is 22.9 Å². The molecule has 0 aliphatic heterocycles. The van der Waals surface area contributed by atoms with Crippen LogP contribution >= 0.6 is 0 Å². The molecule has 0 bridgehead atoms. The highest BCUT2D eigenvalue weighted by molar-refractivity contribution is 7.89. The van der Waals surface area contributed by atoms with Crippen LogP contribution < -0.4 is 14.8 Å². The molecule has 1 amide bonds. The van der Waals surface area contributed by atoms with Gasteiger partial charge in [-0.1, -0.05) is 12.1 Å². The molecule has 0 atom stereocenters. The first kappa shape index (κ1) is 33.0. The third kappa shape index (κ3) is 7.81. The van der Waals surface area contributed by atoms with Gasteiger partial charge in [-0.3, -0.25) is 14.9 Å². The number of amides is 1. The van der Waals surface area contributed by atoms with E-state index in [0.717, 1.165) is 47.1 Å². The average molecular weight is 652 g/mol. The molecule has 0 radical (unpaired) electrons. The van der Waals surface area contributed by atoms with E-state index < -0.39 is 49.0 Å². The summed E-state index contributed by atoms with van der Waals surface area (Å²) in [6.45, 7) is 0.959. The van der Waals surface area contributed by atoms with Gasteiger partial charge in [-0.25, -0.2) is 17.5 Å². The maximum Gasteiger partial charge on any atom is 0.416 e. The Kier molecular flexibility index (Phi) is 9.84. The van der Waals surface area contributed by atoms with Gasteiger partial charge in [0, 0.05) is 37.9 Å². The number of nitrogens with one attached hydrogen (secondary N) is 2. The van der Waals surface area contributed by atoms with Crippen LogP contribution in [0.2, 0.25) is 0 Å². The molecular formula is C28H25F4N5O7S. The van der Waals surface area contributed by atoms with E-state index in [4.69, 9.17) is 9.47 Å². The number of methoxy groups -OCH3 is 1. The molecule has 1 aromatic heterocycles. The van der Waals surface area contributed by atoms with Crippen LogP contribution in [0.3, 0.4) is 0 Å². The topological polar surface area (TPSA) is 155 Å². The number of nitrogens with zero attached hydrogens (tertiary/aromatic N) is 3. The summed E-state index contributed by atoms with van der Waals surface area (Å²) in [5.74, 6) is -1.97. The van der Waals surface area contributed by atoms with Gasteiger partial charge < -0.3 is 14.8 Å². The second kappa shape index (κ2) is 13.4. The Hall–Kier alpha value is -4.87. The van der Waals surface area contributed by atoms with Crippen LogP contribution in [0.15, 0.2) is 71.6 Å². The van der Waals surface area contributed by atoms with Crippen molar-refractivity contribution >= 4 is 21.6 Å². The molecule has 1 heterocycles. The van der Waals surface area contributed by atoms with Gasteiger partial charge >= 0.3 is 6.18 Å². The lowest BCUT2D eigenvalue weighted by Gasteiger charge is -2.14. The Morgan fingerprint density at radius 2 is 1.80 bits per heavy atom. The molecule has 0 spiro atoms. The van der Waals surface area contributed by atoms with Crippen molar-refractivity contribution in [2.75, 3.05) is 20.3 Å². The van der Waals surface area contributed by atoms with Crippen molar-refractivity contribution in [3.63, 3.8) is 0 Å². The predicted octanol–water partition coefficient (Wildman–Crippen LogP) is 4.89. The lowest BCUT2D eigenvalue weighted by atomic mass is 10.1. The Labute approximate surface area is 253 Å². The number of non-ortho nitro benzene ring substituents is 1. The van der Waals surface area contributed by atoms with Gasteiger partial charge in [0.15, 0.2) is 5.69 Å². The molecule has 238 valence electrons. The number of benzene rings is 3. The molecule has 4 aromatic rings. The summed E-state index contributed by atoms with van der Waals surface area (Å²) < 4.78 is 93.5. The number of aromatic nitrogens is 2. The Balaban J connectivity index is 1.75. The second-order valence-corrected chi connectivity index (χ2v) is 11.2. The number of halogens is 4. The number of carbonyl (C=O) groups is 1. The smallest absolute Gasteiger partial charge is 0.416 e. The number of ether oxygens (including phenoxy) is 2. The van der Waals surface area contributed by atoms with Crippen LogP contribution in [0.4, 0.5) is 23.2 Å². The van der Waals surface area contributed by atoms with Crippen LogP contribution in [0.5, 0.6) is 11.6 Å². The molecule has 0 saturated carbocycles. The van der Waals surface area contributed by atoms with E-state index >= 15 is 0 Å². The minimum absolute atomic E-state index is 0.000235. The molecule has 0 aliphatic rings. The fourth-order valence-corrected chi connectivity index (χ4v) is 5.22. The van der Waals surface area contributed by atoms with Gasteiger partial charge in [-0.05, 0) is 55.0 Å².